The first kappa shape index (κ1) is 15.4. The summed E-state index contributed by atoms with van der Waals surface area (Å²) in [4.78, 5) is 0. The van der Waals surface area contributed by atoms with E-state index in [-0.39, 0.29) is 22.4 Å². The molecule has 2 heterocycles. The van der Waals surface area contributed by atoms with Crippen molar-refractivity contribution in [1.82, 2.24) is 0 Å². The molecular formula is C14H24O4S2. The van der Waals surface area contributed by atoms with Crippen LogP contribution in [0.25, 0.3) is 0 Å². The van der Waals surface area contributed by atoms with Crippen LogP contribution in [0.2, 0.25) is 0 Å². The zero-order valence-corrected chi connectivity index (χ0v) is 14.0. The molecule has 0 unspecified atom stereocenters. The fraction of sp³-hybridized carbons (Fsp3) is 1.00. The summed E-state index contributed by atoms with van der Waals surface area (Å²) in [7, 11) is 1.74. The number of hydrogen-bond acceptors (Lipinski definition) is 6. The Morgan fingerprint density at radius 1 is 1.10 bits per heavy atom. The highest BCUT2D eigenvalue weighted by Crippen LogP contribution is 2.53. The fourth-order valence-electron chi connectivity index (χ4n) is 3.41. The molecule has 0 amide bonds. The van der Waals surface area contributed by atoms with Crippen LogP contribution in [0, 0.1) is 0 Å². The van der Waals surface area contributed by atoms with Gasteiger partial charge < -0.3 is 19.3 Å². The predicted octanol–water partition coefficient (Wildman–Crippen LogP) is 2.24. The average molecular weight is 320 g/mol. The smallest absolute Gasteiger partial charge is 0.164 e. The largest absolute Gasteiger partial charge is 0.390 e. The number of aliphatic hydroxyl groups is 1. The van der Waals surface area contributed by atoms with E-state index in [2.05, 4.69) is 0 Å². The fourth-order valence-corrected chi connectivity index (χ4v) is 6.89. The summed E-state index contributed by atoms with van der Waals surface area (Å²) in [5.41, 5.74) is 0. The monoisotopic (exact) mass is 320 g/mol. The van der Waals surface area contributed by atoms with Gasteiger partial charge in [0.05, 0.1) is 16.3 Å². The molecule has 20 heavy (non-hydrogen) atoms. The summed E-state index contributed by atoms with van der Waals surface area (Å²) < 4.78 is 17.7. The van der Waals surface area contributed by atoms with Crippen LogP contribution >= 0.6 is 23.5 Å². The lowest BCUT2D eigenvalue weighted by Gasteiger charge is -2.38. The van der Waals surface area contributed by atoms with E-state index in [1.165, 1.54) is 17.9 Å². The van der Waals surface area contributed by atoms with Gasteiger partial charge in [0, 0.05) is 13.5 Å². The van der Waals surface area contributed by atoms with Gasteiger partial charge in [0.1, 0.15) is 12.2 Å². The molecule has 2 aliphatic heterocycles. The van der Waals surface area contributed by atoms with Crippen molar-refractivity contribution in [2.45, 2.75) is 67.4 Å². The van der Waals surface area contributed by atoms with Gasteiger partial charge in [0.15, 0.2) is 5.79 Å². The van der Waals surface area contributed by atoms with E-state index in [0.717, 1.165) is 12.8 Å². The maximum Gasteiger partial charge on any atom is 0.164 e. The van der Waals surface area contributed by atoms with Crippen molar-refractivity contribution in [2.24, 2.45) is 0 Å². The van der Waals surface area contributed by atoms with Crippen molar-refractivity contribution in [1.29, 1.82) is 0 Å². The summed E-state index contributed by atoms with van der Waals surface area (Å²) in [6.07, 6.45) is 1.96. The summed E-state index contributed by atoms with van der Waals surface area (Å²) >= 11 is 3.95. The number of fused-ring (bicyclic) bond motifs is 1. The van der Waals surface area contributed by atoms with Gasteiger partial charge in [-0.3, -0.25) is 0 Å². The Morgan fingerprint density at radius 2 is 1.75 bits per heavy atom. The molecule has 1 N–H and O–H groups in total. The molecular weight excluding hydrogens is 296 g/mol. The molecule has 6 heteroatoms. The zero-order chi connectivity index (χ0) is 14.4. The second-order valence-corrected chi connectivity index (χ2v) is 9.49. The van der Waals surface area contributed by atoms with Gasteiger partial charge in [-0.2, -0.15) is 0 Å². The first-order valence-electron chi connectivity index (χ1n) is 7.29. The minimum Gasteiger partial charge on any atom is -0.390 e. The van der Waals surface area contributed by atoms with Crippen molar-refractivity contribution < 1.29 is 19.3 Å². The van der Waals surface area contributed by atoms with E-state index >= 15 is 0 Å². The Bertz CT molecular complexity index is 357. The summed E-state index contributed by atoms with van der Waals surface area (Å²) in [5.74, 6) is 1.70. The summed E-state index contributed by atoms with van der Waals surface area (Å²) in [6.45, 7) is 3.81. The van der Waals surface area contributed by atoms with E-state index in [1.807, 2.05) is 37.4 Å². The lowest BCUT2D eigenvalue weighted by molar-refractivity contribution is -0.164. The second kappa shape index (κ2) is 5.63. The molecule has 0 bridgehead atoms. The Morgan fingerprint density at radius 3 is 2.40 bits per heavy atom. The minimum atomic E-state index is -0.634. The third kappa shape index (κ3) is 2.88. The second-order valence-electron chi connectivity index (χ2n) is 6.28. The molecule has 1 aliphatic carbocycles. The average Bonchev–Trinajstić information content (AvgIpc) is 2.69. The maximum absolute atomic E-state index is 10.6. The van der Waals surface area contributed by atoms with E-state index < -0.39 is 11.9 Å². The van der Waals surface area contributed by atoms with Gasteiger partial charge in [0.2, 0.25) is 0 Å². The van der Waals surface area contributed by atoms with Crippen LogP contribution in [-0.4, -0.2) is 58.0 Å². The first-order valence-corrected chi connectivity index (χ1v) is 9.26. The van der Waals surface area contributed by atoms with Crippen LogP contribution in [0.4, 0.5) is 0 Å². The Hall–Kier alpha value is 0.540. The molecule has 0 aromatic rings. The number of methoxy groups -OCH3 is 1. The molecule has 3 fully saturated rings. The molecule has 0 radical (unpaired) electrons. The van der Waals surface area contributed by atoms with Gasteiger partial charge in [-0.05, 0) is 38.2 Å². The van der Waals surface area contributed by atoms with E-state index in [9.17, 15) is 5.11 Å². The molecule has 3 aliphatic rings. The third-order valence-corrected chi connectivity index (χ3v) is 7.67. The maximum atomic E-state index is 10.6. The number of rotatable bonds is 1. The van der Waals surface area contributed by atoms with E-state index in [1.54, 1.807) is 7.11 Å². The zero-order valence-electron chi connectivity index (χ0n) is 12.3. The molecule has 4 atom stereocenters. The quantitative estimate of drug-likeness (QED) is 0.799. The van der Waals surface area contributed by atoms with Crippen LogP contribution in [0.1, 0.15) is 33.1 Å². The van der Waals surface area contributed by atoms with Crippen molar-refractivity contribution >= 4 is 23.5 Å². The van der Waals surface area contributed by atoms with Crippen LogP contribution in [0.3, 0.4) is 0 Å². The summed E-state index contributed by atoms with van der Waals surface area (Å²) in [6, 6.07) is 0. The van der Waals surface area contributed by atoms with Gasteiger partial charge in [-0.25, -0.2) is 0 Å². The molecule has 3 rings (SSSR count). The molecule has 1 spiro atoms. The normalized spacial score (nSPS) is 43.2. The van der Waals surface area contributed by atoms with Gasteiger partial charge >= 0.3 is 0 Å². The topological polar surface area (TPSA) is 47.9 Å². The van der Waals surface area contributed by atoms with Gasteiger partial charge in [-0.15, -0.1) is 23.5 Å². The van der Waals surface area contributed by atoms with Crippen molar-refractivity contribution in [2.75, 3.05) is 18.6 Å². The van der Waals surface area contributed by atoms with Crippen molar-refractivity contribution in [3.8, 4) is 0 Å². The Kier molecular flexibility index (Phi) is 4.35. The highest BCUT2D eigenvalue weighted by molar-refractivity contribution is 8.18. The van der Waals surface area contributed by atoms with Crippen LogP contribution in [0.5, 0.6) is 0 Å². The molecule has 0 aromatic heterocycles. The SMILES string of the molecule is CO[C@@H]1CC2(C[C@H](O)[C@H]3OC(C)(C)O[C@@H]31)SCCCS2. The highest BCUT2D eigenvalue weighted by Gasteiger charge is 2.55. The number of ether oxygens (including phenoxy) is 3. The number of hydrogen-bond donors (Lipinski definition) is 1. The molecule has 4 nitrogen and oxygen atoms in total. The molecule has 0 aromatic carbocycles. The lowest BCUT2D eigenvalue weighted by atomic mass is 10.1. The van der Waals surface area contributed by atoms with E-state index in [4.69, 9.17) is 14.2 Å². The van der Waals surface area contributed by atoms with Crippen LogP contribution < -0.4 is 0 Å². The lowest BCUT2D eigenvalue weighted by Crippen LogP contribution is -2.40. The molecule has 2 saturated heterocycles. The minimum absolute atomic E-state index is 0.0166. The Balaban J connectivity index is 1.84. The van der Waals surface area contributed by atoms with Gasteiger partial charge in [0.25, 0.3) is 0 Å². The number of thioether (sulfide) groups is 2. The number of aliphatic hydroxyl groups excluding tert-OH is 1. The first-order chi connectivity index (χ1) is 9.45. The van der Waals surface area contributed by atoms with Crippen molar-refractivity contribution in [3.63, 3.8) is 0 Å². The standard InChI is InChI=1S/C14H24O4S2/c1-13(2)17-11-9(15)7-14(19-5-4-6-20-14)8-10(16-3)12(11)18-13/h9-12,15H,4-8H2,1-3H3/t9-,10+,11+,12+/m0/s1. The predicted molar refractivity (Wildman–Crippen MR) is 82.1 cm³/mol. The molecule has 1 saturated carbocycles. The Labute approximate surface area is 129 Å². The van der Waals surface area contributed by atoms with E-state index in [0.29, 0.717) is 0 Å². The third-order valence-electron chi connectivity index (χ3n) is 4.26. The van der Waals surface area contributed by atoms with Gasteiger partial charge in [-0.1, -0.05) is 0 Å². The van der Waals surface area contributed by atoms with Crippen LogP contribution in [-0.2, 0) is 14.2 Å². The summed E-state index contributed by atoms with van der Waals surface area (Å²) in [5, 5.41) is 10.6. The van der Waals surface area contributed by atoms with Crippen LogP contribution in [0.15, 0.2) is 0 Å². The van der Waals surface area contributed by atoms with Crippen molar-refractivity contribution in [3.05, 3.63) is 0 Å². The molecule has 116 valence electrons. The highest BCUT2D eigenvalue weighted by atomic mass is 32.2.